The molecule has 3 fully saturated rings. The molecule has 7 nitrogen and oxygen atoms in total. The smallest absolute Gasteiger partial charge is 0.312 e. The molecule has 1 N–H and O–H groups in total. The summed E-state index contributed by atoms with van der Waals surface area (Å²) in [6.45, 7) is 5.54. The van der Waals surface area contributed by atoms with E-state index < -0.39 is 11.4 Å². The van der Waals surface area contributed by atoms with E-state index in [1.807, 2.05) is 6.92 Å². The molecule has 1 saturated carbocycles. The Hall–Kier alpha value is -1.47. The molecule has 2 aliphatic heterocycles. The first kappa shape index (κ1) is 15.1. The average molecular weight is 320 g/mol. The minimum atomic E-state index is -0.638. The van der Waals surface area contributed by atoms with Crippen molar-refractivity contribution >= 4 is 5.97 Å². The summed E-state index contributed by atoms with van der Waals surface area (Å²) >= 11 is 0. The number of aromatic nitrogens is 2. The van der Waals surface area contributed by atoms with Gasteiger partial charge in [0.05, 0.1) is 5.41 Å². The number of hydrogen-bond donors (Lipinski definition) is 1. The van der Waals surface area contributed by atoms with Crippen LogP contribution in [0.1, 0.15) is 37.1 Å². The summed E-state index contributed by atoms with van der Waals surface area (Å²) in [4.78, 5) is 16.7. The Morgan fingerprint density at radius 2 is 2.09 bits per heavy atom. The van der Waals surface area contributed by atoms with Gasteiger partial charge >= 0.3 is 5.97 Å². The second kappa shape index (κ2) is 5.56. The molecule has 1 aromatic heterocycles. The molecule has 2 atom stereocenters. The summed E-state index contributed by atoms with van der Waals surface area (Å²) in [5.74, 6) is -0.429. The fourth-order valence-corrected chi connectivity index (χ4v) is 4.78. The Balaban J connectivity index is 1.48. The van der Waals surface area contributed by atoms with Gasteiger partial charge < -0.3 is 5.11 Å². The Morgan fingerprint density at radius 3 is 2.70 bits per heavy atom. The highest BCUT2D eigenvalue weighted by Crippen LogP contribution is 2.45. The van der Waals surface area contributed by atoms with E-state index in [0.29, 0.717) is 25.7 Å². The van der Waals surface area contributed by atoms with Gasteiger partial charge in [-0.15, -0.1) is 0 Å². The van der Waals surface area contributed by atoms with E-state index in [2.05, 4.69) is 20.1 Å². The minimum Gasteiger partial charge on any atom is -0.481 e. The zero-order valence-electron chi connectivity index (χ0n) is 13.6. The number of aliphatic carboxylic acids is 1. The molecule has 0 radical (unpaired) electrons. The molecular formula is C16H24N4O3. The van der Waals surface area contributed by atoms with Crippen molar-refractivity contribution in [3.05, 3.63) is 11.4 Å². The Kier molecular flexibility index (Phi) is 3.65. The third-order valence-electron chi connectivity index (χ3n) is 6.09. The number of fused-ring (bicyclic) bond motifs is 1. The van der Waals surface area contributed by atoms with Crippen molar-refractivity contribution in [2.75, 3.05) is 26.2 Å². The van der Waals surface area contributed by atoms with Gasteiger partial charge in [0, 0.05) is 44.7 Å². The van der Waals surface area contributed by atoms with Gasteiger partial charge in [0.15, 0.2) is 0 Å². The normalized spacial score (nSPS) is 32.7. The zero-order valence-corrected chi connectivity index (χ0v) is 13.6. The van der Waals surface area contributed by atoms with Crippen LogP contribution in [-0.2, 0) is 11.3 Å². The molecule has 1 aromatic rings. The van der Waals surface area contributed by atoms with Crippen molar-refractivity contribution in [2.24, 2.45) is 11.3 Å². The van der Waals surface area contributed by atoms with E-state index in [0.717, 1.165) is 24.5 Å². The predicted octanol–water partition coefficient (Wildman–Crippen LogP) is 1.14. The van der Waals surface area contributed by atoms with Crippen LogP contribution >= 0.6 is 0 Å². The SMILES string of the molecule is Cc1nonc1CN1C[C@H]2CN(C3CCCC3)C[C@@]2(C(=O)O)C1. The number of nitrogens with zero attached hydrogens (tertiary/aromatic N) is 4. The van der Waals surface area contributed by atoms with Crippen LogP contribution in [0.25, 0.3) is 0 Å². The van der Waals surface area contributed by atoms with Crippen LogP contribution in [0.3, 0.4) is 0 Å². The maximum atomic E-state index is 12.1. The topological polar surface area (TPSA) is 82.7 Å². The summed E-state index contributed by atoms with van der Waals surface area (Å²) in [6, 6.07) is 0.604. The molecule has 23 heavy (non-hydrogen) atoms. The highest BCUT2D eigenvalue weighted by atomic mass is 16.6. The van der Waals surface area contributed by atoms with Crippen molar-refractivity contribution < 1.29 is 14.5 Å². The van der Waals surface area contributed by atoms with Crippen molar-refractivity contribution in [1.29, 1.82) is 0 Å². The van der Waals surface area contributed by atoms with E-state index in [4.69, 9.17) is 4.63 Å². The molecular weight excluding hydrogens is 296 g/mol. The van der Waals surface area contributed by atoms with Crippen LogP contribution in [0.5, 0.6) is 0 Å². The van der Waals surface area contributed by atoms with E-state index in [1.54, 1.807) is 0 Å². The first-order valence-electron chi connectivity index (χ1n) is 8.56. The molecule has 126 valence electrons. The van der Waals surface area contributed by atoms with Gasteiger partial charge in [-0.2, -0.15) is 0 Å². The summed E-state index contributed by atoms with van der Waals surface area (Å²) < 4.78 is 4.76. The van der Waals surface area contributed by atoms with Gasteiger partial charge in [-0.05, 0) is 19.8 Å². The lowest BCUT2D eigenvalue weighted by molar-refractivity contribution is -0.149. The number of aryl methyl sites for hydroxylation is 1. The van der Waals surface area contributed by atoms with E-state index in [9.17, 15) is 9.90 Å². The fourth-order valence-electron chi connectivity index (χ4n) is 4.78. The molecule has 1 aliphatic carbocycles. The number of carboxylic acids is 1. The first-order chi connectivity index (χ1) is 11.1. The lowest BCUT2D eigenvalue weighted by Crippen LogP contribution is -2.42. The summed E-state index contributed by atoms with van der Waals surface area (Å²) in [5.41, 5.74) is 0.991. The highest BCUT2D eigenvalue weighted by molar-refractivity contribution is 5.77. The van der Waals surface area contributed by atoms with E-state index in [1.165, 1.54) is 25.7 Å². The Labute approximate surface area is 135 Å². The molecule has 0 aromatic carbocycles. The zero-order chi connectivity index (χ0) is 16.0. The Morgan fingerprint density at radius 1 is 1.30 bits per heavy atom. The molecule has 3 aliphatic rings. The third kappa shape index (κ3) is 2.46. The van der Waals surface area contributed by atoms with E-state index in [-0.39, 0.29) is 5.92 Å². The lowest BCUT2D eigenvalue weighted by atomic mass is 9.81. The van der Waals surface area contributed by atoms with Gasteiger partial charge in [-0.25, -0.2) is 4.63 Å². The molecule has 3 heterocycles. The maximum Gasteiger partial charge on any atom is 0.312 e. The molecule has 0 amide bonds. The van der Waals surface area contributed by atoms with Crippen molar-refractivity contribution in [3.8, 4) is 0 Å². The van der Waals surface area contributed by atoms with Gasteiger partial charge in [-0.1, -0.05) is 23.2 Å². The van der Waals surface area contributed by atoms with Crippen molar-refractivity contribution in [3.63, 3.8) is 0 Å². The fraction of sp³-hybridized carbons (Fsp3) is 0.812. The number of carbonyl (C=O) groups is 1. The molecule has 2 saturated heterocycles. The first-order valence-corrected chi connectivity index (χ1v) is 8.56. The van der Waals surface area contributed by atoms with Crippen LogP contribution in [0, 0.1) is 18.3 Å². The maximum absolute atomic E-state index is 12.1. The second-order valence-electron chi connectivity index (χ2n) is 7.49. The average Bonchev–Trinajstić information content (AvgIpc) is 3.23. The van der Waals surface area contributed by atoms with Crippen LogP contribution in [-0.4, -0.2) is 63.4 Å². The Bertz CT molecular complexity index is 598. The van der Waals surface area contributed by atoms with Gasteiger partial charge in [0.25, 0.3) is 0 Å². The van der Waals surface area contributed by atoms with Crippen LogP contribution in [0.4, 0.5) is 0 Å². The van der Waals surface area contributed by atoms with Gasteiger partial charge in [0.1, 0.15) is 11.4 Å². The number of carboxylic acid groups (broad SMARTS) is 1. The summed E-state index contributed by atoms with van der Waals surface area (Å²) in [5, 5.41) is 17.7. The van der Waals surface area contributed by atoms with E-state index >= 15 is 0 Å². The van der Waals surface area contributed by atoms with Gasteiger partial charge in [0.2, 0.25) is 0 Å². The molecule has 0 spiro atoms. The standard InChI is InChI=1S/C16H24N4O3/c1-11-14(18-23-17-11)8-19-6-12-7-20(13-4-2-3-5-13)10-16(12,9-19)15(21)22/h12-13H,2-10H2,1H3,(H,21,22)/t12-,16-/m0/s1. The van der Waals surface area contributed by atoms with Crippen molar-refractivity contribution in [2.45, 2.75) is 45.2 Å². The van der Waals surface area contributed by atoms with Gasteiger partial charge in [-0.3, -0.25) is 14.6 Å². The number of rotatable bonds is 4. The van der Waals surface area contributed by atoms with Crippen LogP contribution in [0.2, 0.25) is 0 Å². The summed E-state index contributed by atoms with van der Waals surface area (Å²) in [7, 11) is 0. The lowest BCUT2D eigenvalue weighted by Gasteiger charge is -2.28. The predicted molar refractivity (Wildman–Crippen MR) is 81.7 cm³/mol. The molecule has 0 bridgehead atoms. The third-order valence-corrected chi connectivity index (χ3v) is 6.09. The highest BCUT2D eigenvalue weighted by Gasteiger charge is 2.58. The molecule has 4 rings (SSSR count). The molecule has 0 unspecified atom stereocenters. The molecule has 7 heteroatoms. The minimum absolute atomic E-state index is 0.209. The quantitative estimate of drug-likeness (QED) is 0.890. The second-order valence-corrected chi connectivity index (χ2v) is 7.49. The van der Waals surface area contributed by atoms with Crippen LogP contribution in [0.15, 0.2) is 4.63 Å². The largest absolute Gasteiger partial charge is 0.481 e. The number of likely N-dealkylation sites (tertiary alicyclic amines) is 2. The summed E-state index contributed by atoms with van der Waals surface area (Å²) in [6.07, 6.45) is 5.04. The van der Waals surface area contributed by atoms with Crippen LogP contribution < -0.4 is 0 Å². The van der Waals surface area contributed by atoms with Crippen molar-refractivity contribution in [1.82, 2.24) is 20.1 Å². The monoisotopic (exact) mass is 320 g/mol. The number of hydrogen-bond acceptors (Lipinski definition) is 6.